The second kappa shape index (κ2) is 10.3. The lowest BCUT2D eigenvalue weighted by molar-refractivity contribution is 0.0256. The molecule has 3 aromatic carbocycles. The van der Waals surface area contributed by atoms with Crippen molar-refractivity contribution in [3.63, 3.8) is 0 Å². The van der Waals surface area contributed by atoms with Gasteiger partial charge in [0.2, 0.25) is 0 Å². The summed E-state index contributed by atoms with van der Waals surface area (Å²) in [6, 6.07) is 23.9. The third kappa shape index (κ3) is 4.68. The lowest BCUT2D eigenvalue weighted by Crippen LogP contribution is -2.25. The third-order valence-electron chi connectivity index (χ3n) is 7.60. The third-order valence-corrected chi connectivity index (χ3v) is 7.60. The smallest absolute Gasteiger partial charge is 0.128 e. The zero-order valence-corrected chi connectivity index (χ0v) is 20.8. The number of halogens is 1. The number of nitriles is 1. The SMILES string of the molecule is N#Cc1c(-c2ccc(NCc3ccccc3F)cc2)n(C2CCC2)c2cc(OC3CCOCC3)ccc12. The first-order valence-electron chi connectivity index (χ1n) is 13.1. The number of benzene rings is 3. The van der Waals surface area contributed by atoms with Crippen LogP contribution >= 0.6 is 0 Å². The Balaban J connectivity index is 1.33. The van der Waals surface area contributed by atoms with Crippen LogP contribution in [0.15, 0.2) is 66.7 Å². The van der Waals surface area contributed by atoms with Gasteiger partial charge in [-0.1, -0.05) is 30.3 Å². The highest BCUT2D eigenvalue weighted by atomic mass is 19.1. The predicted molar refractivity (Wildman–Crippen MR) is 143 cm³/mol. The molecule has 2 aliphatic rings. The number of anilines is 1. The van der Waals surface area contributed by atoms with Gasteiger partial charge in [0, 0.05) is 48.1 Å². The van der Waals surface area contributed by atoms with Crippen molar-refractivity contribution in [2.24, 2.45) is 0 Å². The van der Waals surface area contributed by atoms with Crippen LogP contribution in [0.3, 0.4) is 0 Å². The zero-order chi connectivity index (χ0) is 25.2. The van der Waals surface area contributed by atoms with Crippen LogP contribution in [0.2, 0.25) is 0 Å². The molecule has 188 valence electrons. The average Bonchev–Trinajstić information content (AvgIpc) is 3.21. The fourth-order valence-corrected chi connectivity index (χ4v) is 5.36. The van der Waals surface area contributed by atoms with Crippen LogP contribution in [0.5, 0.6) is 5.75 Å². The van der Waals surface area contributed by atoms with Gasteiger partial charge in [0.25, 0.3) is 0 Å². The van der Waals surface area contributed by atoms with E-state index >= 15 is 0 Å². The number of hydrogen-bond acceptors (Lipinski definition) is 4. The Morgan fingerprint density at radius 3 is 2.49 bits per heavy atom. The van der Waals surface area contributed by atoms with Crippen LogP contribution in [0, 0.1) is 17.1 Å². The minimum atomic E-state index is -0.213. The molecule has 0 spiro atoms. The maximum atomic E-state index is 14.0. The highest BCUT2D eigenvalue weighted by molar-refractivity contribution is 5.95. The molecule has 5 nitrogen and oxygen atoms in total. The molecule has 0 unspecified atom stereocenters. The Bertz CT molecular complexity index is 1440. The van der Waals surface area contributed by atoms with Crippen LogP contribution in [0.25, 0.3) is 22.2 Å². The van der Waals surface area contributed by atoms with Crippen LogP contribution in [0.4, 0.5) is 10.1 Å². The molecule has 1 N–H and O–H groups in total. The topological polar surface area (TPSA) is 59.2 Å². The average molecular weight is 496 g/mol. The van der Waals surface area contributed by atoms with Gasteiger partial charge < -0.3 is 19.4 Å². The maximum Gasteiger partial charge on any atom is 0.128 e. The second-order valence-corrected chi connectivity index (χ2v) is 9.92. The van der Waals surface area contributed by atoms with Gasteiger partial charge >= 0.3 is 0 Å². The van der Waals surface area contributed by atoms with Crippen molar-refractivity contribution in [1.82, 2.24) is 4.57 Å². The molecule has 6 heteroatoms. The van der Waals surface area contributed by atoms with Crippen molar-refractivity contribution in [1.29, 1.82) is 5.26 Å². The van der Waals surface area contributed by atoms with Crippen molar-refractivity contribution in [3.05, 3.63) is 83.7 Å². The molecule has 37 heavy (non-hydrogen) atoms. The molecule has 1 aliphatic carbocycles. The van der Waals surface area contributed by atoms with E-state index < -0.39 is 0 Å². The summed E-state index contributed by atoms with van der Waals surface area (Å²) in [7, 11) is 0. The number of fused-ring (bicyclic) bond motifs is 1. The van der Waals surface area contributed by atoms with Crippen LogP contribution < -0.4 is 10.1 Å². The Labute approximate surface area is 216 Å². The highest BCUT2D eigenvalue weighted by Gasteiger charge is 2.28. The fourth-order valence-electron chi connectivity index (χ4n) is 5.36. The minimum Gasteiger partial charge on any atom is -0.490 e. The molecule has 1 saturated heterocycles. The lowest BCUT2D eigenvalue weighted by atomic mass is 9.92. The van der Waals surface area contributed by atoms with Crippen molar-refractivity contribution < 1.29 is 13.9 Å². The normalized spacial score (nSPS) is 16.3. The quantitative estimate of drug-likeness (QED) is 0.294. The molecule has 0 radical (unpaired) electrons. The van der Waals surface area contributed by atoms with E-state index in [1.165, 1.54) is 12.5 Å². The van der Waals surface area contributed by atoms with E-state index in [0.29, 0.717) is 23.7 Å². The molecular formula is C31H30FN3O2. The number of hydrogen-bond donors (Lipinski definition) is 1. The van der Waals surface area contributed by atoms with E-state index in [9.17, 15) is 9.65 Å². The molecule has 0 amide bonds. The summed E-state index contributed by atoms with van der Waals surface area (Å²) in [5.74, 6) is 0.636. The van der Waals surface area contributed by atoms with E-state index in [2.05, 4.69) is 22.0 Å². The van der Waals surface area contributed by atoms with Crippen LogP contribution in [-0.2, 0) is 11.3 Å². The van der Waals surface area contributed by atoms with Crippen molar-refractivity contribution in [2.75, 3.05) is 18.5 Å². The summed E-state index contributed by atoms with van der Waals surface area (Å²) in [5.41, 5.74) is 5.26. The van der Waals surface area contributed by atoms with Crippen molar-refractivity contribution in [2.45, 2.75) is 50.8 Å². The first-order chi connectivity index (χ1) is 18.2. The zero-order valence-electron chi connectivity index (χ0n) is 20.8. The number of ether oxygens (including phenoxy) is 2. The number of nitrogens with zero attached hydrogens (tertiary/aromatic N) is 2. The minimum absolute atomic E-state index is 0.164. The van der Waals surface area contributed by atoms with Gasteiger partial charge in [-0.15, -0.1) is 0 Å². The van der Waals surface area contributed by atoms with Crippen molar-refractivity contribution >= 4 is 16.6 Å². The largest absolute Gasteiger partial charge is 0.490 e. The molecule has 0 bridgehead atoms. The van der Waals surface area contributed by atoms with E-state index in [1.54, 1.807) is 12.1 Å². The first kappa shape index (κ1) is 23.6. The van der Waals surface area contributed by atoms with Crippen LogP contribution in [0.1, 0.15) is 49.3 Å². The molecule has 4 aromatic rings. The maximum absolute atomic E-state index is 14.0. The number of rotatable bonds is 7. The Morgan fingerprint density at radius 2 is 1.78 bits per heavy atom. The number of nitrogens with one attached hydrogen (secondary N) is 1. The summed E-state index contributed by atoms with van der Waals surface area (Å²) in [4.78, 5) is 0. The van der Waals surface area contributed by atoms with Gasteiger partial charge in [0.05, 0.1) is 30.0 Å². The summed E-state index contributed by atoms with van der Waals surface area (Å²) in [6.45, 7) is 1.88. The number of aromatic nitrogens is 1. The standard InChI is InChI=1S/C31H30FN3O2/c32-29-7-2-1-4-22(29)20-34-23-10-8-21(9-11-23)31-28(19-33)27-13-12-26(37-25-14-16-36-17-15-25)18-30(27)35(31)24-5-3-6-24/h1-2,4,7-13,18,24-25,34H,3,5-6,14-17,20H2. The molecule has 1 saturated carbocycles. The van der Waals surface area contributed by atoms with Crippen molar-refractivity contribution in [3.8, 4) is 23.1 Å². The molecular weight excluding hydrogens is 465 g/mol. The lowest BCUT2D eigenvalue weighted by Gasteiger charge is -2.30. The summed E-state index contributed by atoms with van der Waals surface area (Å²) < 4.78 is 28.1. The van der Waals surface area contributed by atoms with E-state index in [-0.39, 0.29) is 11.9 Å². The van der Waals surface area contributed by atoms with Crippen LogP contribution in [-0.4, -0.2) is 23.9 Å². The van der Waals surface area contributed by atoms with Gasteiger partial charge in [-0.3, -0.25) is 0 Å². The molecule has 6 rings (SSSR count). The molecule has 1 aromatic heterocycles. The van der Waals surface area contributed by atoms with Gasteiger partial charge in [0.15, 0.2) is 0 Å². The van der Waals surface area contributed by atoms with Gasteiger partial charge in [-0.05, 0) is 55.2 Å². The molecule has 1 aliphatic heterocycles. The predicted octanol–water partition coefficient (Wildman–Crippen LogP) is 7.21. The van der Waals surface area contributed by atoms with Gasteiger partial charge in [-0.2, -0.15) is 5.26 Å². The van der Waals surface area contributed by atoms with E-state index in [1.807, 2.05) is 42.5 Å². The second-order valence-electron chi connectivity index (χ2n) is 9.92. The Morgan fingerprint density at radius 1 is 1.00 bits per heavy atom. The summed E-state index contributed by atoms with van der Waals surface area (Å²) in [6.07, 6.45) is 5.37. The summed E-state index contributed by atoms with van der Waals surface area (Å²) >= 11 is 0. The Kier molecular flexibility index (Phi) is 6.55. The molecule has 2 heterocycles. The van der Waals surface area contributed by atoms with E-state index in [4.69, 9.17) is 9.47 Å². The van der Waals surface area contributed by atoms with E-state index in [0.717, 1.165) is 72.5 Å². The first-order valence-corrected chi connectivity index (χ1v) is 13.1. The fraction of sp³-hybridized carbons (Fsp3) is 0.323. The molecule has 0 atom stereocenters. The monoisotopic (exact) mass is 495 g/mol. The van der Waals surface area contributed by atoms with Gasteiger partial charge in [0.1, 0.15) is 23.7 Å². The highest BCUT2D eigenvalue weighted by Crippen LogP contribution is 2.43. The van der Waals surface area contributed by atoms with Gasteiger partial charge in [-0.25, -0.2) is 4.39 Å². The molecule has 2 fully saturated rings. The Hall–Kier alpha value is -3.82. The summed E-state index contributed by atoms with van der Waals surface area (Å²) in [5, 5.41) is 14.5.